The van der Waals surface area contributed by atoms with Crippen LogP contribution in [0.2, 0.25) is 10.0 Å². The van der Waals surface area contributed by atoms with Crippen LogP contribution in [0, 0.1) is 0 Å². The molecule has 1 aliphatic carbocycles. The molecule has 1 aromatic carbocycles. The van der Waals surface area contributed by atoms with E-state index in [1.54, 1.807) is 24.5 Å². The number of nitrogens with zero attached hydrogens (tertiary/aromatic N) is 2. The first-order valence-electron chi connectivity index (χ1n) is 5.88. The Bertz CT molecular complexity index is 589. The second kappa shape index (κ2) is 4.87. The zero-order chi connectivity index (χ0) is 13.4. The van der Waals surface area contributed by atoms with Gasteiger partial charge in [0.25, 0.3) is 0 Å². The van der Waals surface area contributed by atoms with Crippen molar-refractivity contribution in [1.29, 1.82) is 0 Å². The van der Waals surface area contributed by atoms with Crippen LogP contribution in [0.15, 0.2) is 24.5 Å². The molecule has 0 radical (unpaired) electrons. The van der Waals surface area contributed by atoms with Crippen molar-refractivity contribution in [3.8, 4) is 11.5 Å². The van der Waals surface area contributed by atoms with Crippen molar-refractivity contribution in [2.24, 2.45) is 0 Å². The molecule has 2 aromatic rings. The van der Waals surface area contributed by atoms with Crippen molar-refractivity contribution in [3.05, 3.63) is 40.4 Å². The Morgan fingerprint density at radius 3 is 2.21 bits per heavy atom. The van der Waals surface area contributed by atoms with Gasteiger partial charge in [-0.05, 0) is 25.0 Å². The lowest BCUT2D eigenvalue weighted by Crippen LogP contribution is -1.94. The smallest absolute Gasteiger partial charge is 0.164 e. The van der Waals surface area contributed by atoms with E-state index in [-0.39, 0.29) is 0 Å². The van der Waals surface area contributed by atoms with Crippen LogP contribution in [0.25, 0.3) is 0 Å². The van der Waals surface area contributed by atoms with Crippen LogP contribution in [-0.4, -0.2) is 9.97 Å². The first kappa shape index (κ1) is 12.5. The molecule has 1 fully saturated rings. The monoisotopic (exact) mass is 295 g/mol. The highest BCUT2D eigenvalue weighted by Crippen LogP contribution is 2.39. The zero-order valence-electron chi connectivity index (χ0n) is 9.94. The molecule has 0 saturated heterocycles. The number of hydrogen-bond donors (Lipinski definition) is 1. The highest BCUT2D eigenvalue weighted by molar-refractivity contribution is 6.37. The van der Waals surface area contributed by atoms with Crippen molar-refractivity contribution in [1.82, 2.24) is 9.97 Å². The minimum atomic E-state index is 0.358. The third-order valence-electron chi connectivity index (χ3n) is 2.83. The van der Waals surface area contributed by atoms with E-state index in [1.165, 1.54) is 0 Å². The molecule has 0 atom stereocenters. The van der Waals surface area contributed by atoms with E-state index in [9.17, 15) is 0 Å². The quantitative estimate of drug-likeness (QED) is 0.868. The summed E-state index contributed by atoms with van der Waals surface area (Å²) in [7, 11) is 0. The van der Waals surface area contributed by atoms with Gasteiger partial charge in [-0.1, -0.05) is 23.2 Å². The molecule has 0 unspecified atom stereocenters. The molecule has 1 aliphatic rings. The van der Waals surface area contributed by atoms with Gasteiger partial charge in [0.15, 0.2) is 11.5 Å². The van der Waals surface area contributed by atoms with Crippen LogP contribution in [0.3, 0.4) is 0 Å². The summed E-state index contributed by atoms with van der Waals surface area (Å²) >= 11 is 12.1. The highest BCUT2D eigenvalue weighted by atomic mass is 35.5. The number of halogens is 2. The van der Waals surface area contributed by atoms with Crippen LogP contribution in [0.1, 0.15) is 24.6 Å². The van der Waals surface area contributed by atoms with E-state index in [0.29, 0.717) is 33.1 Å². The topological polar surface area (TPSA) is 61.0 Å². The standard InChI is InChI=1S/C13H11Cl2N3O/c14-10-3-8(16)4-11(15)12(10)19-9-5-17-13(18-6-9)7-1-2-7/h3-7H,1-2,16H2. The molecule has 1 heterocycles. The SMILES string of the molecule is Nc1cc(Cl)c(Oc2cnc(C3CC3)nc2)c(Cl)c1. The number of benzene rings is 1. The number of anilines is 1. The summed E-state index contributed by atoms with van der Waals surface area (Å²) < 4.78 is 5.61. The van der Waals surface area contributed by atoms with Crippen LogP contribution in [0.4, 0.5) is 5.69 Å². The fourth-order valence-electron chi connectivity index (χ4n) is 1.73. The Morgan fingerprint density at radius 2 is 1.68 bits per heavy atom. The number of ether oxygens (including phenoxy) is 1. The van der Waals surface area contributed by atoms with E-state index < -0.39 is 0 Å². The first-order chi connectivity index (χ1) is 9.13. The summed E-state index contributed by atoms with van der Waals surface area (Å²) in [6.07, 6.45) is 5.58. The molecular weight excluding hydrogens is 285 g/mol. The van der Waals surface area contributed by atoms with Crippen molar-refractivity contribution >= 4 is 28.9 Å². The maximum Gasteiger partial charge on any atom is 0.164 e. The predicted octanol–water partition coefficient (Wildman–Crippen LogP) is 4.04. The minimum absolute atomic E-state index is 0.358. The van der Waals surface area contributed by atoms with Crippen molar-refractivity contribution in [2.75, 3.05) is 5.73 Å². The second-order valence-corrected chi connectivity index (χ2v) is 5.28. The van der Waals surface area contributed by atoms with E-state index >= 15 is 0 Å². The lowest BCUT2D eigenvalue weighted by molar-refractivity contribution is 0.477. The molecule has 0 spiro atoms. The maximum atomic E-state index is 6.05. The third-order valence-corrected chi connectivity index (χ3v) is 3.39. The zero-order valence-corrected chi connectivity index (χ0v) is 11.4. The molecule has 3 rings (SSSR count). The lowest BCUT2D eigenvalue weighted by Gasteiger charge is -2.10. The van der Waals surface area contributed by atoms with E-state index in [4.69, 9.17) is 33.7 Å². The van der Waals surface area contributed by atoms with Gasteiger partial charge in [0.2, 0.25) is 0 Å². The van der Waals surface area contributed by atoms with Gasteiger partial charge >= 0.3 is 0 Å². The number of nitrogen functional groups attached to an aromatic ring is 1. The number of hydrogen-bond acceptors (Lipinski definition) is 4. The van der Waals surface area contributed by atoms with Gasteiger partial charge in [0, 0.05) is 11.6 Å². The molecule has 98 valence electrons. The van der Waals surface area contributed by atoms with Crippen LogP contribution in [-0.2, 0) is 0 Å². The average molecular weight is 296 g/mol. The van der Waals surface area contributed by atoms with E-state index in [0.717, 1.165) is 18.7 Å². The highest BCUT2D eigenvalue weighted by Gasteiger charge is 2.26. The molecule has 1 saturated carbocycles. The molecule has 4 nitrogen and oxygen atoms in total. The summed E-state index contributed by atoms with van der Waals surface area (Å²) in [4.78, 5) is 8.53. The summed E-state index contributed by atoms with van der Waals surface area (Å²) in [5, 5.41) is 0.715. The van der Waals surface area contributed by atoms with Gasteiger partial charge in [0.1, 0.15) is 5.82 Å². The maximum absolute atomic E-state index is 6.05. The van der Waals surface area contributed by atoms with Gasteiger partial charge in [0.05, 0.1) is 22.4 Å². The first-order valence-corrected chi connectivity index (χ1v) is 6.63. The summed E-state index contributed by atoms with van der Waals surface area (Å²) in [5.41, 5.74) is 6.12. The van der Waals surface area contributed by atoms with E-state index in [1.807, 2.05) is 0 Å². The second-order valence-electron chi connectivity index (χ2n) is 4.47. The number of aromatic nitrogens is 2. The van der Waals surface area contributed by atoms with Crippen molar-refractivity contribution in [3.63, 3.8) is 0 Å². The van der Waals surface area contributed by atoms with Gasteiger partial charge in [-0.3, -0.25) is 0 Å². The van der Waals surface area contributed by atoms with Gasteiger partial charge in [-0.2, -0.15) is 0 Å². The molecule has 2 N–H and O–H groups in total. The van der Waals surface area contributed by atoms with Crippen molar-refractivity contribution in [2.45, 2.75) is 18.8 Å². The summed E-state index contributed by atoms with van der Waals surface area (Å²) in [6.45, 7) is 0. The van der Waals surface area contributed by atoms with Crippen LogP contribution < -0.4 is 10.5 Å². The largest absolute Gasteiger partial charge is 0.451 e. The Morgan fingerprint density at radius 1 is 1.11 bits per heavy atom. The number of nitrogens with two attached hydrogens (primary N) is 1. The normalized spacial score (nSPS) is 14.4. The Balaban J connectivity index is 1.84. The Labute approximate surface area is 120 Å². The average Bonchev–Trinajstić information content (AvgIpc) is 3.19. The lowest BCUT2D eigenvalue weighted by atomic mass is 10.3. The fraction of sp³-hybridized carbons (Fsp3) is 0.231. The van der Waals surface area contributed by atoms with Gasteiger partial charge in [-0.15, -0.1) is 0 Å². The van der Waals surface area contributed by atoms with E-state index in [2.05, 4.69) is 9.97 Å². The Kier molecular flexibility index (Phi) is 3.21. The molecule has 0 bridgehead atoms. The minimum Gasteiger partial charge on any atom is -0.451 e. The summed E-state index contributed by atoms with van der Waals surface area (Å²) in [6, 6.07) is 3.17. The van der Waals surface area contributed by atoms with Crippen LogP contribution >= 0.6 is 23.2 Å². The van der Waals surface area contributed by atoms with Gasteiger partial charge in [-0.25, -0.2) is 9.97 Å². The fourth-order valence-corrected chi connectivity index (χ4v) is 2.31. The number of rotatable bonds is 3. The molecule has 1 aromatic heterocycles. The Hall–Kier alpha value is -1.52. The molecular formula is C13H11Cl2N3O. The molecule has 0 amide bonds. The van der Waals surface area contributed by atoms with Crippen molar-refractivity contribution < 1.29 is 4.74 Å². The third kappa shape index (κ3) is 2.74. The van der Waals surface area contributed by atoms with Gasteiger partial charge < -0.3 is 10.5 Å². The molecule has 19 heavy (non-hydrogen) atoms. The molecule has 0 aliphatic heterocycles. The van der Waals surface area contributed by atoms with Crippen LogP contribution in [0.5, 0.6) is 11.5 Å². The molecule has 6 heteroatoms. The predicted molar refractivity (Wildman–Crippen MR) is 75.0 cm³/mol. The summed E-state index contributed by atoms with van der Waals surface area (Å²) in [5.74, 6) is 2.23.